The molecule has 0 fully saturated rings. The SMILES string of the molecule is Cc1cc(F)c(Br)cc1NS(=O)(=O)c1cnn(CCO)c1. The average Bonchev–Trinajstić information content (AvgIpc) is 2.86. The monoisotopic (exact) mass is 377 g/mol. The van der Waals surface area contributed by atoms with E-state index in [4.69, 9.17) is 5.11 Å². The molecule has 0 bridgehead atoms. The number of benzene rings is 1. The molecule has 1 aromatic carbocycles. The van der Waals surface area contributed by atoms with E-state index in [1.165, 1.54) is 29.2 Å². The quantitative estimate of drug-likeness (QED) is 0.832. The summed E-state index contributed by atoms with van der Waals surface area (Å²) in [4.78, 5) is -0.0317. The first kappa shape index (κ1) is 15.9. The number of nitrogens with zero attached hydrogens (tertiary/aromatic N) is 2. The molecule has 114 valence electrons. The van der Waals surface area contributed by atoms with Crippen LogP contribution in [0.4, 0.5) is 10.1 Å². The van der Waals surface area contributed by atoms with Crippen molar-refractivity contribution in [3.05, 3.63) is 40.4 Å². The molecule has 0 radical (unpaired) electrons. The molecule has 0 saturated heterocycles. The third-order valence-electron chi connectivity index (χ3n) is 2.76. The second-order valence-corrected chi connectivity index (χ2v) is 6.89. The summed E-state index contributed by atoms with van der Waals surface area (Å²) in [7, 11) is -3.82. The summed E-state index contributed by atoms with van der Waals surface area (Å²) in [6, 6.07) is 2.59. The van der Waals surface area contributed by atoms with E-state index >= 15 is 0 Å². The Labute approximate surface area is 129 Å². The fraction of sp³-hybridized carbons (Fsp3) is 0.250. The molecule has 0 spiro atoms. The maximum atomic E-state index is 13.3. The van der Waals surface area contributed by atoms with E-state index in [9.17, 15) is 12.8 Å². The Morgan fingerprint density at radius 1 is 1.48 bits per heavy atom. The van der Waals surface area contributed by atoms with Crippen LogP contribution < -0.4 is 4.72 Å². The highest BCUT2D eigenvalue weighted by Gasteiger charge is 2.18. The standard InChI is InChI=1S/C12H13BrFN3O3S/c1-8-4-11(14)10(13)5-12(8)16-21(19,20)9-6-15-17(7-9)2-3-18/h4-7,16,18H,2-3H2,1H3. The molecule has 0 amide bonds. The zero-order valence-corrected chi connectivity index (χ0v) is 13.4. The van der Waals surface area contributed by atoms with E-state index < -0.39 is 15.8 Å². The number of sulfonamides is 1. The van der Waals surface area contributed by atoms with Crippen molar-refractivity contribution in [3.8, 4) is 0 Å². The molecular weight excluding hydrogens is 365 g/mol. The van der Waals surface area contributed by atoms with Gasteiger partial charge < -0.3 is 5.11 Å². The van der Waals surface area contributed by atoms with Gasteiger partial charge in [-0.1, -0.05) is 0 Å². The van der Waals surface area contributed by atoms with Crippen molar-refractivity contribution in [2.24, 2.45) is 0 Å². The Morgan fingerprint density at radius 3 is 2.86 bits per heavy atom. The molecule has 1 aromatic heterocycles. The lowest BCUT2D eigenvalue weighted by atomic mass is 10.2. The fourth-order valence-corrected chi connectivity index (χ4v) is 3.09. The molecule has 0 atom stereocenters. The van der Waals surface area contributed by atoms with Crippen LogP contribution in [0.25, 0.3) is 0 Å². The number of aryl methyl sites for hydroxylation is 1. The van der Waals surface area contributed by atoms with Crippen LogP contribution in [0, 0.1) is 12.7 Å². The first-order chi connectivity index (χ1) is 9.83. The van der Waals surface area contributed by atoms with Gasteiger partial charge in [0.15, 0.2) is 0 Å². The van der Waals surface area contributed by atoms with Crippen LogP contribution in [0.3, 0.4) is 0 Å². The van der Waals surface area contributed by atoms with Crippen molar-refractivity contribution in [2.75, 3.05) is 11.3 Å². The van der Waals surface area contributed by atoms with E-state index in [0.29, 0.717) is 5.56 Å². The number of hydrogen-bond donors (Lipinski definition) is 2. The van der Waals surface area contributed by atoms with Crippen LogP contribution in [0.2, 0.25) is 0 Å². The lowest BCUT2D eigenvalue weighted by Gasteiger charge is -2.10. The van der Waals surface area contributed by atoms with Crippen LogP contribution in [0.1, 0.15) is 5.56 Å². The van der Waals surface area contributed by atoms with Gasteiger partial charge in [-0.05, 0) is 40.5 Å². The highest BCUT2D eigenvalue weighted by atomic mass is 79.9. The van der Waals surface area contributed by atoms with Gasteiger partial charge in [-0.2, -0.15) is 5.10 Å². The van der Waals surface area contributed by atoms with Gasteiger partial charge in [-0.25, -0.2) is 12.8 Å². The minimum atomic E-state index is -3.82. The molecule has 0 aliphatic carbocycles. The lowest BCUT2D eigenvalue weighted by molar-refractivity contribution is 0.269. The van der Waals surface area contributed by atoms with E-state index in [1.807, 2.05) is 0 Å². The largest absolute Gasteiger partial charge is 0.394 e. The molecule has 2 aromatic rings. The van der Waals surface area contributed by atoms with Crippen LogP contribution in [-0.2, 0) is 16.6 Å². The van der Waals surface area contributed by atoms with Gasteiger partial charge in [0.05, 0.1) is 29.5 Å². The molecule has 9 heteroatoms. The normalized spacial score (nSPS) is 11.6. The molecule has 1 heterocycles. The third-order valence-corrected chi connectivity index (χ3v) is 4.69. The molecule has 0 saturated carbocycles. The highest BCUT2D eigenvalue weighted by molar-refractivity contribution is 9.10. The Morgan fingerprint density at radius 2 is 2.19 bits per heavy atom. The van der Waals surface area contributed by atoms with Gasteiger partial charge in [0.2, 0.25) is 0 Å². The number of anilines is 1. The zero-order chi connectivity index (χ0) is 15.6. The van der Waals surface area contributed by atoms with Crippen molar-refractivity contribution < 1.29 is 17.9 Å². The minimum Gasteiger partial charge on any atom is -0.394 e. The summed E-state index contributed by atoms with van der Waals surface area (Å²) in [5.41, 5.74) is 0.736. The first-order valence-corrected chi connectivity index (χ1v) is 8.23. The predicted molar refractivity (Wildman–Crippen MR) is 79.0 cm³/mol. The van der Waals surface area contributed by atoms with Crippen molar-refractivity contribution in [3.63, 3.8) is 0 Å². The van der Waals surface area contributed by atoms with Crippen LogP contribution in [0.5, 0.6) is 0 Å². The molecule has 0 unspecified atom stereocenters. The number of aromatic nitrogens is 2. The average molecular weight is 378 g/mol. The summed E-state index contributed by atoms with van der Waals surface area (Å²) in [5, 5.41) is 12.6. The van der Waals surface area contributed by atoms with Gasteiger partial charge in [0, 0.05) is 6.20 Å². The summed E-state index contributed by atoms with van der Waals surface area (Å²) in [5.74, 6) is -0.466. The van der Waals surface area contributed by atoms with Crippen molar-refractivity contribution in [1.29, 1.82) is 0 Å². The summed E-state index contributed by atoms with van der Waals surface area (Å²) in [6.07, 6.45) is 2.50. The number of aliphatic hydroxyl groups is 1. The summed E-state index contributed by atoms with van der Waals surface area (Å²) in [6.45, 7) is 1.66. The number of rotatable bonds is 5. The minimum absolute atomic E-state index is 0.0317. The second-order valence-electron chi connectivity index (χ2n) is 4.35. The predicted octanol–water partition coefficient (Wildman–Crippen LogP) is 1.89. The molecule has 0 aliphatic heterocycles. The maximum absolute atomic E-state index is 13.3. The highest BCUT2D eigenvalue weighted by Crippen LogP contribution is 2.26. The fourth-order valence-electron chi connectivity index (χ4n) is 1.67. The summed E-state index contributed by atoms with van der Waals surface area (Å²) < 4.78 is 41.7. The summed E-state index contributed by atoms with van der Waals surface area (Å²) >= 11 is 3.01. The Hall–Kier alpha value is -1.45. The smallest absolute Gasteiger partial charge is 0.265 e. The Kier molecular flexibility index (Phi) is 4.64. The van der Waals surface area contributed by atoms with Gasteiger partial charge in [0.25, 0.3) is 10.0 Å². The number of nitrogens with one attached hydrogen (secondary N) is 1. The van der Waals surface area contributed by atoms with E-state index in [1.54, 1.807) is 6.92 Å². The maximum Gasteiger partial charge on any atom is 0.265 e. The van der Waals surface area contributed by atoms with Crippen molar-refractivity contribution in [2.45, 2.75) is 18.4 Å². The van der Waals surface area contributed by atoms with Crippen LogP contribution in [-0.4, -0.2) is 29.9 Å². The number of aliphatic hydroxyl groups excluding tert-OH is 1. The van der Waals surface area contributed by atoms with Crippen LogP contribution >= 0.6 is 15.9 Å². The Balaban J connectivity index is 2.30. The lowest BCUT2D eigenvalue weighted by Crippen LogP contribution is -2.13. The van der Waals surface area contributed by atoms with Gasteiger partial charge in [0.1, 0.15) is 10.7 Å². The van der Waals surface area contributed by atoms with Crippen molar-refractivity contribution in [1.82, 2.24) is 9.78 Å². The molecule has 6 nitrogen and oxygen atoms in total. The van der Waals surface area contributed by atoms with Gasteiger partial charge in [-0.3, -0.25) is 9.40 Å². The van der Waals surface area contributed by atoms with Gasteiger partial charge in [-0.15, -0.1) is 0 Å². The van der Waals surface area contributed by atoms with E-state index in [0.717, 1.165) is 0 Å². The third kappa shape index (κ3) is 3.60. The molecule has 0 aliphatic rings. The Bertz CT molecular complexity index is 761. The van der Waals surface area contributed by atoms with Crippen molar-refractivity contribution >= 4 is 31.6 Å². The first-order valence-electron chi connectivity index (χ1n) is 5.95. The molecule has 21 heavy (non-hydrogen) atoms. The number of halogens is 2. The second kappa shape index (κ2) is 6.12. The molecule has 2 rings (SSSR count). The molecule has 2 N–H and O–H groups in total. The topological polar surface area (TPSA) is 84.2 Å². The zero-order valence-electron chi connectivity index (χ0n) is 11.0. The van der Waals surface area contributed by atoms with E-state index in [-0.39, 0.29) is 28.2 Å². The van der Waals surface area contributed by atoms with Gasteiger partial charge >= 0.3 is 0 Å². The van der Waals surface area contributed by atoms with Crippen LogP contribution in [0.15, 0.2) is 33.9 Å². The van der Waals surface area contributed by atoms with E-state index in [2.05, 4.69) is 25.8 Å². The molecular formula is C12H13BrFN3O3S. The number of hydrogen-bond acceptors (Lipinski definition) is 4.